The van der Waals surface area contributed by atoms with Gasteiger partial charge in [0.05, 0.1) is 11.6 Å². The number of aliphatic carboxylic acids is 1. The summed E-state index contributed by atoms with van der Waals surface area (Å²) in [5.74, 6) is -0.634. The Kier molecular flexibility index (Phi) is 3.43. The summed E-state index contributed by atoms with van der Waals surface area (Å²) >= 11 is 0. The van der Waals surface area contributed by atoms with Gasteiger partial charge in [-0.3, -0.25) is 14.4 Å². The van der Waals surface area contributed by atoms with Crippen LogP contribution in [0.15, 0.2) is 0 Å². The molecule has 100 valence electrons. The van der Waals surface area contributed by atoms with Crippen molar-refractivity contribution in [2.24, 2.45) is 18.9 Å². The normalized spacial score (nSPS) is 18.7. The van der Waals surface area contributed by atoms with Gasteiger partial charge in [-0.25, -0.2) is 0 Å². The minimum absolute atomic E-state index is 0.239. The van der Waals surface area contributed by atoms with Gasteiger partial charge in [0, 0.05) is 37.9 Å². The first-order valence-electron chi connectivity index (χ1n) is 6.34. The molecule has 2 heterocycles. The second-order valence-corrected chi connectivity index (χ2v) is 5.35. The molecule has 1 aromatic rings. The van der Waals surface area contributed by atoms with Gasteiger partial charge in [-0.2, -0.15) is 5.10 Å². The van der Waals surface area contributed by atoms with Gasteiger partial charge >= 0.3 is 5.97 Å². The van der Waals surface area contributed by atoms with E-state index in [2.05, 4.69) is 16.9 Å². The molecule has 0 amide bonds. The monoisotopic (exact) mass is 251 g/mol. The van der Waals surface area contributed by atoms with Gasteiger partial charge in [-0.15, -0.1) is 0 Å². The van der Waals surface area contributed by atoms with Gasteiger partial charge < -0.3 is 5.11 Å². The third-order valence-electron chi connectivity index (χ3n) is 4.12. The highest BCUT2D eigenvalue weighted by atomic mass is 16.4. The predicted octanol–water partition coefficient (Wildman–Crippen LogP) is 1.19. The first-order chi connectivity index (χ1) is 8.40. The molecule has 1 unspecified atom stereocenters. The number of carboxylic acid groups (broad SMARTS) is 1. The number of aryl methyl sites for hydroxylation is 2. The zero-order valence-electron chi connectivity index (χ0n) is 11.5. The number of hydrogen-bond donors (Lipinski definition) is 1. The largest absolute Gasteiger partial charge is 0.481 e. The van der Waals surface area contributed by atoms with Crippen molar-refractivity contribution in [2.75, 3.05) is 13.1 Å². The van der Waals surface area contributed by atoms with Crippen molar-refractivity contribution in [1.29, 1.82) is 0 Å². The summed E-state index contributed by atoms with van der Waals surface area (Å²) in [5.41, 5.74) is 3.55. The van der Waals surface area contributed by atoms with E-state index >= 15 is 0 Å². The van der Waals surface area contributed by atoms with Crippen LogP contribution in [-0.4, -0.2) is 38.8 Å². The molecule has 5 nitrogen and oxygen atoms in total. The fourth-order valence-corrected chi connectivity index (χ4v) is 2.53. The number of rotatable bonds is 4. The van der Waals surface area contributed by atoms with Crippen molar-refractivity contribution < 1.29 is 9.90 Å². The molecular formula is C13H21N3O2. The Morgan fingerprint density at radius 3 is 2.56 bits per heavy atom. The second kappa shape index (κ2) is 4.72. The lowest BCUT2D eigenvalue weighted by atomic mass is 9.87. The van der Waals surface area contributed by atoms with E-state index < -0.39 is 5.97 Å². The Morgan fingerprint density at radius 1 is 1.50 bits per heavy atom. The van der Waals surface area contributed by atoms with Gasteiger partial charge in [0.2, 0.25) is 0 Å². The molecule has 1 fully saturated rings. The Labute approximate surface area is 107 Å². The zero-order chi connectivity index (χ0) is 13.4. The first kappa shape index (κ1) is 13.1. The van der Waals surface area contributed by atoms with Crippen molar-refractivity contribution in [3.05, 3.63) is 17.0 Å². The topological polar surface area (TPSA) is 58.4 Å². The maximum Gasteiger partial charge on any atom is 0.306 e. The summed E-state index contributed by atoms with van der Waals surface area (Å²) in [6, 6.07) is 0. The van der Waals surface area contributed by atoms with E-state index in [1.54, 1.807) is 6.92 Å². The van der Waals surface area contributed by atoms with Gasteiger partial charge in [-0.05, 0) is 19.8 Å². The van der Waals surface area contributed by atoms with Crippen molar-refractivity contribution in [1.82, 2.24) is 14.7 Å². The predicted molar refractivity (Wildman–Crippen MR) is 68.2 cm³/mol. The summed E-state index contributed by atoms with van der Waals surface area (Å²) in [6.07, 6.45) is 0. The van der Waals surface area contributed by atoms with E-state index in [0.29, 0.717) is 5.92 Å². The van der Waals surface area contributed by atoms with Crippen LogP contribution in [0.25, 0.3) is 0 Å². The standard InChI is InChI=1S/C13H21N3O2/c1-8(13(17)18)11-5-16(6-11)7-12-9(2)14-15(4)10(12)3/h8,11H,5-7H2,1-4H3,(H,17,18). The number of carbonyl (C=O) groups is 1. The van der Waals surface area contributed by atoms with Crippen LogP contribution in [0.4, 0.5) is 0 Å². The molecule has 1 saturated heterocycles. The molecule has 1 aliphatic heterocycles. The summed E-state index contributed by atoms with van der Waals surface area (Å²) in [6.45, 7) is 8.54. The molecule has 1 N–H and O–H groups in total. The fourth-order valence-electron chi connectivity index (χ4n) is 2.53. The second-order valence-electron chi connectivity index (χ2n) is 5.35. The Morgan fingerprint density at radius 2 is 2.11 bits per heavy atom. The quantitative estimate of drug-likeness (QED) is 0.873. The van der Waals surface area contributed by atoms with E-state index in [1.165, 1.54) is 11.3 Å². The minimum atomic E-state index is -0.687. The SMILES string of the molecule is Cc1nn(C)c(C)c1CN1CC(C(C)C(=O)O)C1. The Hall–Kier alpha value is -1.36. The number of carboxylic acids is 1. The van der Waals surface area contributed by atoms with Gasteiger partial charge in [0.1, 0.15) is 0 Å². The highest BCUT2D eigenvalue weighted by Crippen LogP contribution is 2.27. The van der Waals surface area contributed by atoms with Crippen molar-refractivity contribution in [3.63, 3.8) is 0 Å². The summed E-state index contributed by atoms with van der Waals surface area (Å²) in [5, 5.41) is 13.4. The van der Waals surface area contributed by atoms with Crippen molar-refractivity contribution >= 4 is 5.97 Å². The molecule has 0 aromatic carbocycles. The molecular weight excluding hydrogens is 230 g/mol. The van der Waals surface area contributed by atoms with E-state index in [9.17, 15) is 4.79 Å². The lowest BCUT2D eigenvalue weighted by Gasteiger charge is -2.41. The van der Waals surface area contributed by atoms with Crippen molar-refractivity contribution in [2.45, 2.75) is 27.3 Å². The van der Waals surface area contributed by atoms with Crippen LogP contribution >= 0.6 is 0 Å². The molecule has 1 aliphatic rings. The van der Waals surface area contributed by atoms with Gasteiger partial charge in [0.15, 0.2) is 0 Å². The van der Waals surface area contributed by atoms with Crippen LogP contribution in [0.1, 0.15) is 23.9 Å². The van der Waals surface area contributed by atoms with Crippen molar-refractivity contribution in [3.8, 4) is 0 Å². The van der Waals surface area contributed by atoms with E-state index in [1.807, 2.05) is 18.7 Å². The van der Waals surface area contributed by atoms with Crippen LogP contribution in [0.3, 0.4) is 0 Å². The number of aromatic nitrogens is 2. The molecule has 0 saturated carbocycles. The van der Waals surface area contributed by atoms with Gasteiger partial charge in [0.25, 0.3) is 0 Å². The average molecular weight is 251 g/mol. The number of likely N-dealkylation sites (tertiary alicyclic amines) is 1. The lowest BCUT2D eigenvalue weighted by Crippen LogP contribution is -2.50. The highest BCUT2D eigenvalue weighted by Gasteiger charge is 2.35. The molecule has 0 aliphatic carbocycles. The third kappa shape index (κ3) is 2.27. The van der Waals surface area contributed by atoms with E-state index in [-0.39, 0.29) is 5.92 Å². The molecule has 1 aromatic heterocycles. The smallest absolute Gasteiger partial charge is 0.306 e. The first-order valence-corrected chi connectivity index (χ1v) is 6.34. The van der Waals surface area contributed by atoms with Crippen LogP contribution < -0.4 is 0 Å². The van der Waals surface area contributed by atoms with Crippen LogP contribution in [0.5, 0.6) is 0 Å². The summed E-state index contributed by atoms with van der Waals surface area (Å²) in [4.78, 5) is 13.2. The fraction of sp³-hybridized carbons (Fsp3) is 0.692. The van der Waals surface area contributed by atoms with E-state index in [0.717, 1.165) is 25.3 Å². The highest BCUT2D eigenvalue weighted by molar-refractivity contribution is 5.70. The zero-order valence-corrected chi connectivity index (χ0v) is 11.5. The van der Waals surface area contributed by atoms with Crippen LogP contribution in [0, 0.1) is 25.7 Å². The summed E-state index contributed by atoms with van der Waals surface area (Å²) in [7, 11) is 1.96. The van der Waals surface area contributed by atoms with Crippen LogP contribution in [0.2, 0.25) is 0 Å². The molecule has 0 bridgehead atoms. The van der Waals surface area contributed by atoms with E-state index in [4.69, 9.17) is 5.11 Å². The summed E-state index contributed by atoms with van der Waals surface area (Å²) < 4.78 is 1.90. The maximum atomic E-state index is 10.9. The number of nitrogens with zero attached hydrogens (tertiary/aromatic N) is 3. The Balaban J connectivity index is 1.92. The molecule has 18 heavy (non-hydrogen) atoms. The molecule has 5 heteroatoms. The molecule has 1 atom stereocenters. The molecule has 0 spiro atoms. The van der Waals surface area contributed by atoms with Gasteiger partial charge in [-0.1, -0.05) is 6.92 Å². The third-order valence-corrected chi connectivity index (χ3v) is 4.12. The minimum Gasteiger partial charge on any atom is -0.481 e. The maximum absolute atomic E-state index is 10.9. The number of hydrogen-bond acceptors (Lipinski definition) is 3. The average Bonchev–Trinajstić information content (AvgIpc) is 2.47. The molecule has 2 rings (SSSR count). The van der Waals surface area contributed by atoms with Crippen LogP contribution in [-0.2, 0) is 18.4 Å². The Bertz CT molecular complexity index is 461. The molecule has 0 radical (unpaired) electrons. The lowest BCUT2D eigenvalue weighted by molar-refractivity contribution is -0.145.